The lowest BCUT2D eigenvalue weighted by atomic mass is 10.1. The SMILES string of the molecule is CC(Br)CCCCC(Br)Cn1c2ccccc2c2ccccc21. The maximum absolute atomic E-state index is 3.91. The van der Waals surface area contributed by atoms with Gasteiger partial charge in [0, 0.05) is 38.0 Å². The van der Waals surface area contributed by atoms with Crippen molar-refractivity contribution in [1.29, 1.82) is 0 Å². The normalized spacial score (nSPS) is 14.4. The summed E-state index contributed by atoms with van der Waals surface area (Å²) in [5.41, 5.74) is 2.68. The molecule has 0 aliphatic heterocycles. The van der Waals surface area contributed by atoms with Crippen LogP contribution in [0.4, 0.5) is 0 Å². The molecule has 3 aromatic rings. The van der Waals surface area contributed by atoms with Crippen molar-refractivity contribution in [2.75, 3.05) is 0 Å². The Labute approximate surface area is 155 Å². The molecule has 122 valence electrons. The first-order valence-corrected chi connectivity index (χ1v) is 10.2. The van der Waals surface area contributed by atoms with Gasteiger partial charge in [-0.15, -0.1) is 0 Å². The van der Waals surface area contributed by atoms with E-state index in [9.17, 15) is 0 Å². The minimum absolute atomic E-state index is 0.521. The molecule has 1 nitrogen and oxygen atoms in total. The first-order valence-electron chi connectivity index (χ1n) is 8.41. The van der Waals surface area contributed by atoms with Gasteiger partial charge < -0.3 is 4.57 Å². The number of hydrogen-bond donors (Lipinski definition) is 0. The predicted molar refractivity (Wildman–Crippen MR) is 109 cm³/mol. The Balaban J connectivity index is 1.79. The Morgan fingerprint density at radius 1 is 0.826 bits per heavy atom. The topological polar surface area (TPSA) is 4.93 Å². The van der Waals surface area contributed by atoms with Gasteiger partial charge in [0.2, 0.25) is 0 Å². The van der Waals surface area contributed by atoms with Gasteiger partial charge in [0.1, 0.15) is 0 Å². The number of alkyl halides is 2. The maximum Gasteiger partial charge on any atom is 0.0491 e. The van der Waals surface area contributed by atoms with Crippen molar-refractivity contribution < 1.29 is 0 Å². The lowest BCUT2D eigenvalue weighted by Gasteiger charge is -2.13. The number of rotatable bonds is 7. The minimum Gasteiger partial charge on any atom is -0.339 e. The van der Waals surface area contributed by atoms with E-state index in [-0.39, 0.29) is 0 Å². The number of para-hydroxylation sites is 2. The van der Waals surface area contributed by atoms with Crippen molar-refractivity contribution in [2.45, 2.75) is 48.8 Å². The minimum atomic E-state index is 0.521. The number of benzene rings is 2. The fourth-order valence-corrected chi connectivity index (χ4v) is 4.22. The summed E-state index contributed by atoms with van der Waals surface area (Å²) in [6.45, 7) is 3.25. The molecule has 3 rings (SSSR count). The van der Waals surface area contributed by atoms with E-state index in [0.717, 1.165) is 6.54 Å². The zero-order valence-corrected chi connectivity index (χ0v) is 16.7. The van der Waals surface area contributed by atoms with Crippen molar-refractivity contribution in [3.05, 3.63) is 48.5 Å². The Morgan fingerprint density at radius 3 is 1.91 bits per heavy atom. The average molecular weight is 437 g/mol. The molecule has 1 aromatic heterocycles. The van der Waals surface area contributed by atoms with Crippen molar-refractivity contribution in [3.8, 4) is 0 Å². The molecule has 1 heterocycles. The van der Waals surface area contributed by atoms with Crippen molar-refractivity contribution >= 4 is 53.7 Å². The molecule has 2 atom stereocenters. The Bertz CT molecular complexity index is 722. The number of aromatic nitrogens is 1. The third kappa shape index (κ3) is 4.00. The molecule has 0 radical (unpaired) electrons. The first-order chi connectivity index (χ1) is 11.2. The van der Waals surface area contributed by atoms with Crippen LogP contribution < -0.4 is 0 Å². The summed E-state index contributed by atoms with van der Waals surface area (Å²) in [4.78, 5) is 1.15. The summed E-state index contributed by atoms with van der Waals surface area (Å²) in [7, 11) is 0. The highest BCUT2D eigenvalue weighted by molar-refractivity contribution is 9.09. The van der Waals surface area contributed by atoms with Crippen LogP contribution >= 0.6 is 31.9 Å². The van der Waals surface area contributed by atoms with Gasteiger partial charge in [-0.05, 0) is 25.0 Å². The number of halogens is 2. The van der Waals surface area contributed by atoms with Crippen LogP contribution in [0.1, 0.15) is 32.6 Å². The van der Waals surface area contributed by atoms with Gasteiger partial charge >= 0.3 is 0 Å². The lowest BCUT2D eigenvalue weighted by molar-refractivity contribution is 0.592. The van der Waals surface area contributed by atoms with E-state index < -0.39 is 0 Å². The summed E-state index contributed by atoms with van der Waals surface area (Å²) >= 11 is 7.53. The predicted octanol–water partition coefficient (Wildman–Crippen LogP) is 6.90. The van der Waals surface area contributed by atoms with Gasteiger partial charge in [0.25, 0.3) is 0 Å². The van der Waals surface area contributed by atoms with Crippen LogP contribution in [0.15, 0.2) is 48.5 Å². The second kappa shape index (κ2) is 7.85. The summed E-state index contributed by atoms with van der Waals surface area (Å²) in [5.74, 6) is 0. The largest absolute Gasteiger partial charge is 0.339 e. The number of fused-ring (bicyclic) bond motifs is 3. The van der Waals surface area contributed by atoms with E-state index in [0.29, 0.717) is 9.65 Å². The number of hydrogen-bond acceptors (Lipinski definition) is 0. The van der Waals surface area contributed by atoms with Gasteiger partial charge in [-0.3, -0.25) is 0 Å². The fraction of sp³-hybridized carbons (Fsp3) is 0.400. The summed E-state index contributed by atoms with van der Waals surface area (Å²) < 4.78 is 2.47. The zero-order chi connectivity index (χ0) is 16.2. The molecule has 2 unspecified atom stereocenters. The monoisotopic (exact) mass is 435 g/mol. The zero-order valence-electron chi connectivity index (χ0n) is 13.5. The van der Waals surface area contributed by atoms with Crippen LogP contribution in [0.5, 0.6) is 0 Å². The van der Waals surface area contributed by atoms with E-state index in [1.807, 2.05) is 0 Å². The summed E-state index contributed by atoms with van der Waals surface area (Å²) in [6.07, 6.45) is 5.06. The first kappa shape index (κ1) is 17.0. The molecule has 0 fully saturated rings. The second-order valence-corrected chi connectivity index (χ2v) is 9.17. The van der Waals surface area contributed by atoms with Crippen LogP contribution in [0, 0.1) is 0 Å². The third-order valence-electron chi connectivity index (χ3n) is 4.43. The van der Waals surface area contributed by atoms with E-state index in [1.54, 1.807) is 0 Å². The molecule has 0 bridgehead atoms. The highest BCUT2D eigenvalue weighted by Crippen LogP contribution is 2.30. The van der Waals surface area contributed by atoms with E-state index in [4.69, 9.17) is 0 Å². The Kier molecular flexibility index (Phi) is 5.81. The molecule has 0 saturated carbocycles. The van der Waals surface area contributed by atoms with Crippen molar-refractivity contribution in [2.24, 2.45) is 0 Å². The van der Waals surface area contributed by atoms with Gasteiger partial charge in [-0.2, -0.15) is 0 Å². The summed E-state index contributed by atoms with van der Waals surface area (Å²) in [6, 6.07) is 17.5. The second-order valence-electron chi connectivity index (χ2n) is 6.31. The molecule has 0 aliphatic rings. The maximum atomic E-state index is 3.91. The van der Waals surface area contributed by atoms with E-state index >= 15 is 0 Å². The molecule has 2 aromatic carbocycles. The number of nitrogens with zero attached hydrogens (tertiary/aromatic N) is 1. The molecular weight excluding hydrogens is 414 g/mol. The van der Waals surface area contributed by atoms with Gasteiger partial charge in [0.15, 0.2) is 0 Å². The molecule has 0 spiro atoms. The van der Waals surface area contributed by atoms with Gasteiger partial charge in [-0.25, -0.2) is 0 Å². The number of unbranched alkanes of at least 4 members (excludes halogenated alkanes) is 1. The molecule has 0 amide bonds. The van der Waals surface area contributed by atoms with Gasteiger partial charge in [-0.1, -0.05) is 88.0 Å². The van der Waals surface area contributed by atoms with Crippen LogP contribution in [0.3, 0.4) is 0 Å². The van der Waals surface area contributed by atoms with E-state index in [2.05, 4.69) is 91.9 Å². The Morgan fingerprint density at radius 2 is 1.35 bits per heavy atom. The molecule has 0 saturated heterocycles. The van der Waals surface area contributed by atoms with Gasteiger partial charge in [0.05, 0.1) is 0 Å². The van der Waals surface area contributed by atoms with Crippen LogP contribution in [-0.2, 0) is 6.54 Å². The molecule has 3 heteroatoms. The molecule has 23 heavy (non-hydrogen) atoms. The smallest absolute Gasteiger partial charge is 0.0491 e. The molecular formula is C20H23Br2N. The summed E-state index contributed by atoms with van der Waals surface area (Å²) in [5, 5.41) is 2.71. The molecule has 0 aliphatic carbocycles. The standard InChI is InChI=1S/C20H23Br2N/c1-15(21)8-2-3-9-16(22)14-23-19-12-6-4-10-17(19)18-11-5-7-13-20(18)23/h4-7,10-13,15-16H,2-3,8-9,14H2,1H3. The third-order valence-corrected chi connectivity index (χ3v) is 5.64. The average Bonchev–Trinajstić information content (AvgIpc) is 2.86. The Hall–Kier alpha value is -0.800. The highest BCUT2D eigenvalue weighted by atomic mass is 79.9. The van der Waals surface area contributed by atoms with Crippen molar-refractivity contribution in [3.63, 3.8) is 0 Å². The van der Waals surface area contributed by atoms with E-state index in [1.165, 1.54) is 47.5 Å². The fourth-order valence-electron chi connectivity index (χ4n) is 3.28. The van der Waals surface area contributed by atoms with Crippen LogP contribution in [-0.4, -0.2) is 14.2 Å². The highest BCUT2D eigenvalue weighted by Gasteiger charge is 2.13. The van der Waals surface area contributed by atoms with Crippen LogP contribution in [0.25, 0.3) is 21.8 Å². The van der Waals surface area contributed by atoms with Crippen molar-refractivity contribution in [1.82, 2.24) is 4.57 Å². The molecule has 0 N–H and O–H groups in total. The quantitative estimate of drug-likeness (QED) is 0.280. The lowest BCUT2D eigenvalue weighted by Crippen LogP contribution is -2.10. The van der Waals surface area contributed by atoms with Crippen LogP contribution in [0.2, 0.25) is 0 Å².